The number of nitrogens with two attached hydrogens (primary N) is 1. The topological polar surface area (TPSA) is 38.9 Å². The SMILES string of the molecule is CC1(C)C(CN)C1c1ccc(Br)cn1. The summed E-state index contributed by atoms with van der Waals surface area (Å²) in [5.74, 6) is 1.14. The van der Waals surface area contributed by atoms with Crippen LogP contribution >= 0.6 is 15.9 Å². The normalized spacial score (nSPS) is 28.9. The Hall–Kier alpha value is -0.410. The molecule has 0 aromatic carbocycles. The molecule has 2 N–H and O–H groups in total. The summed E-state index contributed by atoms with van der Waals surface area (Å²) in [6, 6.07) is 4.14. The Labute approximate surface area is 93.0 Å². The van der Waals surface area contributed by atoms with Gasteiger partial charge in [0.1, 0.15) is 0 Å². The summed E-state index contributed by atoms with van der Waals surface area (Å²) < 4.78 is 1.03. The lowest BCUT2D eigenvalue weighted by Gasteiger charge is -2.01. The van der Waals surface area contributed by atoms with Crippen molar-refractivity contribution in [3.63, 3.8) is 0 Å². The molecule has 14 heavy (non-hydrogen) atoms. The molecule has 0 amide bonds. The summed E-state index contributed by atoms with van der Waals surface area (Å²) in [6.07, 6.45) is 1.86. The van der Waals surface area contributed by atoms with Gasteiger partial charge in [-0.1, -0.05) is 13.8 Å². The van der Waals surface area contributed by atoms with E-state index in [1.807, 2.05) is 12.3 Å². The second-order valence-electron chi connectivity index (χ2n) is 4.54. The molecular formula is C11H15BrN2. The van der Waals surface area contributed by atoms with Crippen molar-refractivity contribution >= 4 is 15.9 Å². The number of rotatable bonds is 2. The van der Waals surface area contributed by atoms with Gasteiger partial charge in [0.25, 0.3) is 0 Å². The van der Waals surface area contributed by atoms with Gasteiger partial charge in [-0.25, -0.2) is 0 Å². The van der Waals surface area contributed by atoms with Crippen molar-refractivity contribution in [3.05, 3.63) is 28.5 Å². The lowest BCUT2D eigenvalue weighted by Crippen LogP contribution is -2.05. The number of nitrogens with zero attached hydrogens (tertiary/aromatic N) is 1. The van der Waals surface area contributed by atoms with E-state index >= 15 is 0 Å². The molecule has 2 nitrogen and oxygen atoms in total. The molecule has 1 fully saturated rings. The first-order chi connectivity index (χ1) is 6.57. The minimum absolute atomic E-state index is 0.329. The molecular weight excluding hydrogens is 240 g/mol. The monoisotopic (exact) mass is 254 g/mol. The molecule has 2 rings (SSSR count). The van der Waals surface area contributed by atoms with E-state index in [0.717, 1.165) is 11.0 Å². The van der Waals surface area contributed by atoms with Crippen molar-refractivity contribution in [1.82, 2.24) is 4.98 Å². The summed E-state index contributed by atoms with van der Waals surface area (Å²) in [6.45, 7) is 5.28. The summed E-state index contributed by atoms with van der Waals surface area (Å²) in [5.41, 5.74) is 7.23. The predicted molar refractivity (Wildman–Crippen MR) is 61.0 cm³/mol. The third-order valence-electron chi connectivity index (χ3n) is 3.37. The van der Waals surface area contributed by atoms with Crippen LogP contribution in [0, 0.1) is 11.3 Å². The van der Waals surface area contributed by atoms with Gasteiger partial charge < -0.3 is 5.73 Å². The molecule has 1 heterocycles. The van der Waals surface area contributed by atoms with Gasteiger partial charge in [-0.2, -0.15) is 0 Å². The molecule has 0 spiro atoms. The number of pyridine rings is 1. The van der Waals surface area contributed by atoms with E-state index in [1.54, 1.807) is 0 Å². The Morgan fingerprint density at radius 1 is 1.50 bits per heavy atom. The van der Waals surface area contributed by atoms with E-state index in [9.17, 15) is 0 Å². The van der Waals surface area contributed by atoms with Gasteiger partial charge in [-0.15, -0.1) is 0 Å². The Morgan fingerprint density at radius 3 is 2.64 bits per heavy atom. The summed E-state index contributed by atoms with van der Waals surface area (Å²) in [7, 11) is 0. The van der Waals surface area contributed by atoms with E-state index < -0.39 is 0 Å². The first-order valence-corrected chi connectivity index (χ1v) is 5.68. The highest BCUT2D eigenvalue weighted by Gasteiger charge is 2.57. The molecule has 0 aliphatic heterocycles. The maximum absolute atomic E-state index is 5.73. The van der Waals surface area contributed by atoms with Crippen LogP contribution in [0.4, 0.5) is 0 Å². The van der Waals surface area contributed by atoms with Crippen LogP contribution in [0.15, 0.2) is 22.8 Å². The molecule has 76 valence electrons. The highest BCUT2D eigenvalue weighted by atomic mass is 79.9. The Bertz CT molecular complexity index is 332. The van der Waals surface area contributed by atoms with Crippen molar-refractivity contribution in [2.24, 2.45) is 17.1 Å². The Balaban J connectivity index is 2.22. The summed E-state index contributed by atoms with van der Waals surface area (Å²) >= 11 is 3.39. The smallest absolute Gasteiger partial charge is 0.0444 e. The second kappa shape index (κ2) is 3.31. The highest BCUT2D eigenvalue weighted by Crippen LogP contribution is 2.63. The fraction of sp³-hybridized carbons (Fsp3) is 0.545. The highest BCUT2D eigenvalue weighted by molar-refractivity contribution is 9.10. The minimum Gasteiger partial charge on any atom is -0.330 e. The lowest BCUT2D eigenvalue weighted by molar-refractivity contribution is 0.557. The van der Waals surface area contributed by atoms with Gasteiger partial charge in [0.05, 0.1) is 0 Å². The van der Waals surface area contributed by atoms with Crippen molar-refractivity contribution < 1.29 is 0 Å². The van der Waals surface area contributed by atoms with E-state index in [2.05, 4.69) is 40.8 Å². The third kappa shape index (κ3) is 1.48. The van der Waals surface area contributed by atoms with Crippen molar-refractivity contribution in [3.8, 4) is 0 Å². The molecule has 1 aromatic rings. The number of halogens is 1. The van der Waals surface area contributed by atoms with E-state index in [0.29, 0.717) is 17.3 Å². The summed E-state index contributed by atoms with van der Waals surface area (Å²) in [4.78, 5) is 4.43. The average Bonchev–Trinajstić information content (AvgIpc) is 2.69. The molecule has 0 saturated heterocycles. The fourth-order valence-electron chi connectivity index (χ4n) is 2.34. The van der Waals surface area contributed by atoms with Crippen LogP contribution in [0.2, 0.25) is 0 Å². The molecule has 1 aromatic heterocycles. The van der Waals surface area contributed by atoms with Crippen LogP contribution in [0.5, 0.6) is 0 Å². The molecule has 1 aliphatic carbocycles. The van der Waals surface area contributed by atoms with Crippen molar-refractivity contribution in [2.45, 2.75) is 19.8 Å². The molecule has 1 aliphatic rings. The summed E-state index contributed by atoms with van der Waals surface area (Å²) in [5, 5.41) is 0. The zero-order valence-corrected chi connectivity index (χ0v) is 10.1. The van der Waals surface area contributed by atoms with E-state index in [1.165, 1.54) is 5.69 Å². The predicted octanol–water partition coefficient (Wildman–Crippen LogP) is 2.54. The van der Waals surface area contributed by atoms with Gasteiger partial charge in [0.15, 0.2) is 0 Å². The van der Waals surface area contributed by atoms with Crippen LogP contribution in [-0.2, 0) is 0 Å². The molecule has 2 unspecified atom stereocenters. The maximum atomic E-state index is 5.73. The number of hydrogen-bond donors (Lipinski definition) is 1. The first-order valence-electron chi connectivity index (χ1n) is 4.89. The van der Waals surface area contributed by atoms with Crippen LogP contribution < -0.4 is 5.73 Å². The van der Waals surface area contributed by atoms with Gasteiger partial charge in [0.2, 0.25) is 0 Å². The molecule has 0 radical (unpaired) electrons. The molecule has 0 bridgehead atoms. The zero-order chi connectivity index (χ0) is 10.3. The number of aromatic nitrogens is 1. The first kappa shape index (κ1) is 10.1. The van der Waals surface area contributed by atoms with Gasteiger partial charge in [0, 0.05) is 22.3 Å². The van der Waals surface area contributed by atoms with Crippen LogP contribution in [0.3, 0.4) is 0 Å². The Morgan fingerprint density at radius 2 is 2.21 bits per heavy atom. The second-order valence-corrected chi connectivity index (χ2v) is 5.46. The van der Waals surface area contributed by atoms with Crippen LogP contribution in [-0.4, -0.2) is 11.5 Å². The van der Waals surface area contributed by atoms with E-state index in [4.69, 9.17) is 5.73 Å². The average molecular weight is 255 g/mol. The standard InChI is InChI=1S/C11H15BrN2/c1-11(2)8(5-13)10(11)9-4-3-7(12)6-14-9/h3-4,6,8,10H,5,13H2,1-2H3. The minimum atomic E-state index is 0.329. The van der Waals surface area contributed by atoms with E-state index in [-0.39, 0.29) is 0 Å². The lowest BCUT2D eigenvalue weighted by atomic mass is 10.1. The van der Waals surface area contributed by atoms with Crippen LogP contribution in [0.25, 0.3) is 0 Å². The zero-order valence-electron chi connectivity index (χ0n) is 8.50. The van der Waals surface area contributed by atoms with Crippen LogP contribution in [0.1, 0.15) is 25.5 Å². The molecule has 3 heteroatoms. The quantitative estimate of drug-likeness (QED) is 0.881. The van der Waals surface area contributed by atoms with Crippen molar-refractivity contribution in [2.75, 3.05) is 6.54 Å². The molecule has 2 atom stereocenters. The third-order valence-corrected chi connectivity index (χ3v) is 3.84. The van der Waals surface area contributed by atoms with Gasteiger partial charge >= 0.3 is 0 Å². The molecule has 1 saturated carbocycles. The number of hydrogen-bond acceptors (Lipinski definition) is 2. The van der Waals surface area contributed by atoms with Crippen molar-refractivity contribution in [1.29, 1.82) is 0 Å². The largest absolute Gasteiger partial charge is 0.330 e. The van der Waals surface area contributed by atoms with Gasteiger partial charge in [-0.3, -0.25) is 4.98 Å². The Kier molecular flexibility index (Phi) is 2.40. The van der Waals surface area contributed by atoms with Gasteiger partial charge in [-0.05, 0) is 45.9 Å². The maximum Gasteiger partial charge on any atom is 0.0444 e. The fourth-order valence-corrected chi connectivity index (χ4v) is 2.58.